The minimum atomic E-state index is 0.496. The third-order valence-electron chi connectivity index (χ3n) is 3.81. The fraction of sp³-hybridized carbons (Fsp3) is 0.550. The van der Waals surface area contributed by atoms with Crippen molar-refractivity contribution in [2.75, 3.05) is 65.2 Å². The maximum absolute atomic E-state index is 5.62. The molecular weight excluding hydrogens is 362 g/mol. The second kappa shape index (κ2) is 14.0. The van der Waals surface area contributed by atoms with Gasteiger partial charge in [0.25, 0.3) is 0 Å². The van der Waals surface area contributed by atoms with Crippen LogP contribution in [0, 0.1) is 0 Å². The lowest BCUT2D eigenvalue weighted by Crippen LogP contribution is -2.24. The molecule has 0 saturated carbocycles. The van der Waals surface area contributed by atoms with E-state index in [1.54, 1.807) is 0 Å². The molecule has 2 aromatic rings. The number of imidazole rings is 1. The Morgan fingerprint density at radius 1 is 0.786 bits per heavy atom. The van der Waals surface area contributed by atoms with Crippen molar-refractivity contribution < 1.29 is 28.3 Å². The number of aromatic nitrogens is 2. The van der Waals surface area contributed by atoms with Crippen LogP contribution in [-0.2, 0) is 32.5 Å². The molecule has 0 unspecified atom stereocenters. The number of ether oxygens (including phenoxy) is 5. The molecule has 1 heterocycles. The quantitative estimate of drug-likeness (QED) is 0.260. The highest BCUT2D eigenvalue weighted by molar-refractivity contribution is 5.41. The Bertz CT molecular complexity index is 633. The standard InChI is InChI=1S/C20H32N3O5/c1-22-6-7-23(18-22)8-9-24-10-11-25-12-13-26-14-15-27-16-17-28-20-4-2-19(21)3-5-20/h2-7,18H,8-17,21H2,1H3/q+1. The highest BCUT2D eigenvalue weighted by Crippen LogP contribution is 2.12. The van der Waals surface area contributed by atoms with Crippen molar-refractivity contribution >= 4 is 5.69 Å². The van der Waals surface area contributed by atoms with E-state index in [-0.39, 0.29) is 0 Å². The Labute approximate surface area is 166 Å². The Hall–Kier alpha value is -2.13. The molecule has 0 atom stereocenters. The summed E-state index contributed by atoms with van der Waals surface area (Å²) >= 11 is 0. The maximum Gasteiger partial charge on any atom is 0.243 e. The molecule has 28 heavy (non-hydrogen) atoms. The third-order valence-corrected chi connectivity index (χ3v) is 3.81. The van der Waals surface area contributed by atoms with Crippen LogP contribution in [0.3, 0.4) is 0 Å². The van der Waals surface area contributed by atoms with Crippen LogP contribution in [-0.4, -0.2) is 64.0 Å². The van der Waals surface area contributed by atoms with Crippen LogP contribution in [0.1, 0.15) is 0 Å². The van der Waals surface area contributed by atoms with Gasteiger partial charge >= 0.3 is 0 Å². The predicted octanol–water partition coefficient (Wildman–Crippen LogP) is 1.04. The van der Waals surface area contributed by atoms with Gasteiger partial charge in [-0.2, -0.15) is 0 Å². The first-order valence-electron chi connectivity index (χ1n) is 9.54. The second-order valence-electron chi connectivity index (χ2n) is 6.18. The number of hydrogen-bond donors (Lipinski definition) is 1. The maximum atomic E-state index is 5.62. The van der Waals surface area contributed by atoms with Crippen LogP contribution in [0.5, 0.6) is 5.75 Å². The van der Waals surface area contributed by atoms with E-state index >= 15 is 0 Å². The minimum absolute atomic E-state index is 0.496. The van der Waals surface area contributed by atoms with E-state index in [0.29, 0.717) is 59.5 Å². The number of benzene rings is 1. The Balaban J connectivity index is 1.28. The molecule has 0 aliphatic carbocycles. The van der Waals surface area contributed by atoms with Gasteiger partial charge in [-0.15, -0.1) is 0 Å². The van der Waals surface area contributed by atoms with Crippen molar-refractivity contribution in [1.82, 2.24) is 4.57 Å². The molecule has 0 saturated heterocycles. The van der Waals surface area contributed by atoms with Gasteiger partial charge in [0.2, 0.25) is 6.33 Å². The zero-order valence-corrected chi connectivity index (χ0v) is 16.6. The largest absolute Gasteiger partial charge is 0.491 e. The van der Waals surface area contributed by atoms with Gasteiger partial charge in [-0.3, -0.25) is 0 Å². The van der Waals surface area contributed by atoms with Crippen molar-refractivity contribution in [3.8, 4) is 5.75 Å². The Morgan fingerprint density at radius 2 is 1.32 bits per heavy atom. The average Bonchev–Trinajstić information content (AvgIpc) is 3.11. The van der Waals surface area contributed by atoms with Gasteiger partial charge in [0.05, 0.1) is 59.9 Å². The van der Waals surface area contributed by atoms with E-state index in [0.717, 1.165) is 18.0 Å². The van der Waals surface area contributed by atoms with Gasteiger partial charge in [0.15, 0.2) is 0 Å². The molecule has 1 aromatic carbocycles. The number of nitrogens with two attached hydrogens (primary N) is 1. The van der Waals surface area contributed by atoms with Crippen LogP contribution in [0.25, 0.3) is 0 Å². The summed E-state index contributed by atoms with van der Waals surface area (Å²) in [6.45, 7) is 5.86. The lowest BCUT2D eigenvalue weighted by molar-refractivity contribution is -0.671. The van der Waals surface area contributed by atoms with Crippen LogP contribution >= 0.6 is 0 Å². The summed E-state index contributed by atoms with van der Waals surface area (Å²) in [7, 11) is 2.00. The number of nitrogens with zero attached hydrogens (tertiary/aromatic N) is 2. The molecule has 8 heteroatoms. The summed E-state index contributed by atoms with van der Waals surface area (Å²) in [5.41, 5.74) is 6.34. The normalized spacial score (nSPS) is 11.0. The zero-order valence-electron chi connectivity index (χ0n) is 16.6. The molecule has 0 fully saturated rings. The van der Waals surface area contributed by atoms with E-state index < -0.39 is 0 Å². The molecule has 0 aliphatic rings. The topological polar surface area (TPSA) is 81.0 Å². The van der Waals surface area contributed by atoms with Gasteiger partial charge in [0.1, 0.15) is 31.3 Å². The number of anilines is 1. The van der Waals surface area contributed by atoms with E-state index in [1.807, 2.05) is 54.6 Å². The van der Waals surface area contributed by atoms with Gasteiger partial charge < -0.3 is 29.4 Å². The molecule has 156 valence electrons. The highest BCUT2D eigenvalue weighted by atomic mass is 16.6. The van der Waals surface area contributed by atoms with Crippen molar-refractivity contribution in [1.29, 1.82) is 0 Å². The highest BCUT2D eigenvalue weighted by Gasteiger charge is 1.99. The Morgan fingerprint density at radius 3 is 1.86 bits per heavy atom. The van der Waals surface area contributed by atoms with Crippen molar-refractivity contribution in [3.63, 3.8) is 0 Å². The lowest BCUT2D eigenvalue weighted by Gasteiger charge is -2.08. The van der Waals surface area contributed by atoms with Crippen LogP contribution in [0.2, 0.25) is 0 Å². The van der Waals surface area contributed by atoms with Crippen LogP contribution < -0.4 is 15.0 Å². The summed E-state index contributed by atoms with van der Waals surface area (Å²) < 4.78 is 31.5. The third kappa shape index (κ3) is 10.3. The Kier molecular flexibility index (Phi) is 11.0. The number of rotatable bonds is 16. The molecule has 0 amide bonds. The zero-order chi connectivity index (χ0) is 19.9. The summed E-state index contributed by atoms with van der Waals surface area (Å²) in [4.78, 5) is 0. The molecule has 1 aromatic heterocycles. The molecule has 0 bridgehead atoms. The summed E-state index contributed by atoms with van der Waals surface area (Å²) in [6.07, 6.45) is 6.05. The minimum Gasteiger partial charge on any atom is -0.491 e. The molecule has 0 radical (unpaired) electrons. The summed E-state index contributed by atoms with van der Waals surface area (Å²) in [6, 6.07) is 7.29. The summed E-state index contributed by atoms with van der Waals surface area (Å²) in [5.74, 6) is 0.786. The average molecular weight is 394 g/mol. The molecule has 2 rings (SSSR count). The van der Waals surface area contributed by atoms with Crippen molar-refractivity contribution in [2.24, 2.45) is 7.05 Å². The van der Waals surface area contributed by atoms with Gasteiger partial charge in [-0.05, 0) is 24.3 Å². The first-order chi connectivity index (χ1) is 13.7. The smallest absolute Gasteiger partial charge is 0.243 e. The summed E-state index contributed by atoms with van der Waals surface area (Å²) in [5, 5.41) is 0. The van der Waals surface area contributed by atoms with Crippen molar-refractivity contribution in [2.45, 2.75) is 6.54 Å². The SMILES string of the molecule is C[n+]1ccn(CCOCCOCCOCCOCCOc2ccc(N)cc2)c1. The molecular formula is C20H32N3O5+. The number of hydrogen-bond acceptors (Lipinski definition) is 6. The van der Waals surface area contributed by atoms with Crippen LogP contribution in [0.4, 0.5) is 5.69 Å². The van der Waals surface area contributed by atoms with Gasteiger partial charge in [-0.25, -0.2) is 9.13 Å². The molecule has 8 nitrogen and oxygen atoms in total. The van der Waals surface area contributed by atoms with Gasteiger partial charge in [-0.1, -0.05) is 0 Å². The monoisotopic (exact) mass is 394 g/mol. The molecule has 0 spiro atoms. The number of nitrogen functional groups attached to an aromatic ring is 1. The fourth-order valence-corrected chi connectivity index (χ4v) is 2.35. The predicted molar refractivity (Wildman–Crippen MR) is 105 cm³/mol. The second-order valence-corrected chi connectivity index (χ2v) is 6.18. The first kappa shape index (κ1) is 22.2. The van der Waals surface area contributed by atoms with E-state index in [1.165, 1.54) is 0 Å². The lowest BCUT2D eigenvalue weighted by atomic mass is 10.3. The van der Waals surface area contributed by atoms with E-state index in [2.05, 4.69) is 4.57 Å². The molecule has 2 N–H and O–H groups in total. The molecule has 0 aliphatic heterocycles. The van der Waals surface area contributed by atoms with Gasteiger partial charge in [0, 0.05) is 5.69 Å². The number of aryl methyl sites for hydroxylation is 1. The van der Waals surface area contributed by atoms with E-state index in [9.17, 15) is 0 Å². The van der Waals surface area contributed by atoms with Crippen molar-refractivity contribution in [3.05, 3.63) is 43.0 Å². The fourth-order valence-electron chi connectivity index (χ4n) is 2.35. The first-order valence-corrected chi connectivity index (χ1v) is 9.54. The van der Waals surface area contributed by atoms with E-state index in [4.69, 9.17) is 29.4 Å². The van der Waals surface area contributed by atoms with Crippen LogP contribution in [0.15, 0.2) is 43.0 Å².